The number of benzene rings is 1. The zero-order valence-corrected chi connectivity index (χ0v) is 32.8. The molecule has 4 aliphatic rings. The van der Waals surface area contributed by atoms with Crippen LogP contribution in [0.25, 0.3) is 0 Å². The van der Waals surface area contributed by atoms with Crippen LogP contribution in [0.2, 0.25) is 5.02 Å². The average Bonchev–Trinajstić information content (AvgIpc) is 3.20. The molecule has 3 fully saturated rings. The lowest BCUT2D eigenvalue weighted by atomic mass is 9.82. The number of fused-ring (bicyclic) bond motifs is 2. The number of likely N-dealkylation sites (tertiary alicyclic amines) is 2. The molecule has 6 rings (SSSR count). The number of rotatable bonds is 5. The second-order valence-corrected chi connectivity index (χ2v) is 18.3. The molecule has 10 heteroatoms. The fraction of sp³-hybridized carbons (Fsp3) is 0.692. The van der Waals surface area contributed by atoms with Crippen molar-refractivity contribution in [3.8, 4) is 0 Å². The van der Waals surface area contributed by atoms with Crippen LogP contribution in [0.5, 0.6) is 0 Å². The van der Waals surface area contributed by atoms with Crippen molar-refractivity contribution in [3.05, 3.63) is 62.3 Å². The van der Waals surface area contributed by atoms with Gasteiger partial charge in [0, 0.05) is 73.6 Å². The van der Waals surface area contributed by atoms with Crippen LogP contribution >= 0.6 is 27.5 Å². The first-order chi connectivity index (χ1) is 23.2. The summed E-state index contributed by atoms with van der Waals surface area (Å²) in [4.78, 5) is 27.2. The van der Waals surface area contributed by atoms with Gasteiger partial charge in [-0.05, 0) is 128 Å². The van der Waals surface area contributed by atoms with Crippen molar-refractivity contribution in [1.29, 1.82) is 0 Å². The van der Waals surface area contributed by atoms with Gasteiger partial charge in [0.05, 0.1) is 11.7 Å². The Hall–Kier alpha value is -1.75. The molecule has 2 unspecified atom stereocenters. The second-order valence-electron chi connectivity index (χ2n) is 17.0. The SMILES string of the molecule is CC(C)(C)OC(=O)N1CCC(CC(O)N2CCN(C3CCN(C4c5ccc(Cl)cc5CCc5cc(Br)cnc54)CC3)C[C@@H]2C(C)(C)C)CC1. The van der Waals surface area contributed by atoms with Gasteiger partial charge >= 0.3 is 6.09 Å². The van der Waals surface area contributed by atoms with Gasteiger partial charge < -0.3 is 14.7 Å². The van der Waals surface area contributed by atoms with E-state index in [0.717, 1.165) is 87.2 Å². The molecule has 3 aliphatic heterocycles. The molecule has 1 aromatic heterocycles. The summed E-state index contributed by atoms with van der Waals surface area (Å²) in [6.45, 7) is 19.0. The van der Waals surface area contributed by atoms with Crippen LogP contribution in [-0.4, -0.2) is 106 Å². The molecule has 2 aromatic rings. The maximum absolute atomic E-state index is 12.6. The number of hydrogen-bond acceptors (Lipinski definition) is 7. The number of piperidine rings is 2. The van der Waals surface area contributed by atoms with Gasteiger partial charge in [-0.1, -0.05) is 38.4 Å². The van der Waals surface area contributed by atoms with Crippen LogP contribution in [0.3, 0.4) is 0 Å². The van der Waals surface area contributed by atoms with Crippen LogP contribution in [0.1, 0.15) is 102 Å². The van der Waals surface area contributed by atoms with Crippen molar-refractivity contribution in [2.24, 2.45) is 11.3 Å². The number of halogens is 2. The molecule has 3 atom stereocenters. The highest BCUT2D eigenvalue weighted by atomic mass is 79.9. The van der Waals surface area contributed by atoms with E-state index in [-0.39, 0.29) is 23.6 Å². The summed E-state index contributed by atoms with van der Waals surface area (Å²) in [7, 11) is 0. The molecular weight excluding hydrogens is 702 g/mol. The normalized spacial score (nSPS) is 24.6. The van der Waals surface area contributed by atoms with E-state index in [2.05, 4.69) is 69.6 Å². The predicted molar refractivity (Wildman–Crippen MR) is 200 cm³/mol. The minimum atomic E-state index is -0.483. The predicted octanol–water partition coefficient (Wildman–Crippen LogP) is 7.54. The first-order valence-electron chi connectivity index (χ1n) is 18.5. The van der Waals surface area contributed by atoms with Crippen molar-refractivity contribution < 1.29 is 14.6 Å². The van der Waals surface area contributed by atoms with E-state index < -0.39 is 11.8 Å². The van der Waals surface area contributed by atoms with Gasteiger partial charge in [0.15, 0.2) is 0 Å². The number of nitrogens with zero attached hydrogens (tertiary/aromatic N) is 5. The summed E-state index contributed by atoms with van der Waals surface area (Å²) in [5.74, 6) is 0.405. The molecule has 1 N–H and O–H groups in total. The highest BCUT2D eigenvalue weighted by Crippen LogP contribution is 2.40. The van der Waals surface area contributed by atoms with E-state index in [0.29, 0.717) is 25.0 Å². The number of carbonyl (C=O) groups excluding carboxylic acids is 1. The van der Waals surface area contributed by atoms with E-state index in [1.54, 1.807) is 0 Å². The fourth-order valence-electron chi connectivity index (χ4n) is 8.68. The minimum absolute atomic E-state index is 0.0371. The Morgan fingerprint density at radius 3 is 2.33 bits per heavy atom. The lowest BCUT2D eigenvalue weighted by Crippen LogP contribution is -2.63. The third-order valence-electron chi connectivity index (χ3n) is 11.3. The van der Waals surface area contributed by atoms with Gasteiger partial charge in [-0.15, -0.1) is 0 Å². The Labute approximate surface area is 307 Å². The Morgan fingerprint density at radius 1 is 0.959 bits per heavy atom. The van der Waals surface area contributed by atoms with Crippen LogP contribution < -0.4 is 0 Å². The summed E-state index contributed by atoms with van der Waals surface area (Å²) in [6, 6.07) is 9.63. The van der Waals surface area contributed by atoms with Crippen molar-refractivity contribution in [2.45, 2.75) is 116 Å². The number of ether oxygens (including phenoxy) is 1. The number of hydrogen-bond donors (Lipinski definition) is 1. The molecule has 49 heavy (non-hydrogen) atoms. The largest absolute Gasteiger partial charge is 0.444 e. The Balaban J connectivity index is 1.07. The highest BCUT2D eigenvalue weighted by molar-refractivity contribution is 9.10. The summed E-state index contributed by atoms with van der Waals surface area (Å²) < 4.78 is 6.63. The minimum Gasteiger partial charge on any atom is -0.444 e. The van der Waals surface area contributed by atoms with E-state index in [1.807, 2.05) is 37.9 Å². The number of carbonyl (C=O) groups is 1. The zero-order valence-electron chi connectivity index (χ0n) is 30.4. The van der Waals surface area contributed by atoms with Crippen LogP contribution in [0, 0.1) is 11.3 Å². The van der Waals surface area contributed by atoms with Gasteiger partial charge in [-0.2, -0.15) is 0 Å². The lowest BCUT2D eigenvalue weighted by molar-refractivity contribution is -0.109. The number of aliphatic hydroxyl groups excluding tert-OH is 1. The molecular formula is C39H57BrClN5O3. The molecule has 0 spiro atoms. The van der Waals surface area contributed by atoms with Gasteiger partial charge in [-0.25, -0.2) is 4.79 Å². The van der Waals surface area contributed by atoms with Crippen molar-refractivity contribution in [1.82, 2.24) is 24.6 Å². The van der Waals surface area contributed by atoms with Gasteiger partial charge in [0.1, 0.15) is 11.8 Å². The standard InChI is InChI=1S/C39H57BrClN5O3/c1-38(2,3)33-25-45(19-20-46(33)34(47)21-26-11-15-44(16-12-26)37(48)49-39(4,5)6)31-13-17-43(18-14-31)36-32-10-9-30(41)23-27(32)7-8-28-22-29(40)24-42-35(28)36/h9-10,22-24,26,31,33-34,36,47H,7-8,11-21,25H2,1-6H3/t33-,34?,36?/m1/s1. The Bertz CT molecular complexity index is 1410. The molecule has 1 amide bonds. The second kappa shape index (κ2) is 15.1. The molecule has 0 radical (unpaired) electrons. The Morgan fingerprint density at radius 2 is 1.65 bits per heavy atom. The summed E-state index contributed by atoms with van der Waals surface area (Å²) in [6.07, 6.45) is 8.03. The lowest BCUT2D eigenvalue weighted by Gasteiger charge is -2.52. The quantitative estimate of drug-likeness (QED) is 0.338. The van der Waals surface area contributed by atoms with Crippen molar-refractivity contribution in [2.75, 3.05) is 45.8 Å². The molecule has 270 valence electrons. The van der Waals surface area contributed by atoms with Crippen LogP contribution in [0.15, 0.2) is 34.9 Å². The molecule has 1 aromatic carbocycles. The number of pyridine rings is 1. The molecule has 1 aliphatic carbocycles. The average molecular weight is 759 g/mol. The third-order valence-corrected chi connectivity index (χ3v) is 12.0. The van der Waals surface area contributed by atoms with Gasteiger partial charge in [0.25, 0.3) is 0 Å². The van der Waals surface area contributed by atoms with Crippen molar-refractivity contribution in [3.63, 3.8) is 0 Å². The van der Waals surface area contributed by atoms with Crippen LogP contribution in [0.4, 0.5) is 4.79 Å². The third kappa shape index (κ3) is 8.83. The smallest absolute Gasteiger partial charge is 0.410 e. The van der Waals surface area contributed by atoms with E-state index >= 15 is 0 Å². The molecule has 8 nitrogen and oxygen atoms in total. The van der Waals surface area contributed by atoms with E-state index in [1.165, 1.54) is 22.4 Å². The number of aliphatic hydroxyl groups is 1. The number of piperazine rings is 1. The highest BCUT2D eigenvalue weighted by Gasteiger charge is 2.42. The number of aryl methyl sites for hydroxylation is 2. The monoisotopic (exact) mass is 757 g/mol. The maximum Gasteiger partial charge on any atom is 0.410 e. The van der Waals surface area contributed by atoms with E-state index in [9.17, 15) is 9.90 Å². The van der Waals surface area contributed by atoms with E-state index in [4.69, 9.17) is 21.3 Å². The summed E-state index contributed by atoms with van der Waals surface area (Å²) in [5, 5.41) is 12.5. The number of amides is 1. The number of aromatic nitrogens is 1. The first-order valence-corrected chi connectivity index (χ1v) is 19.7. The van der Waals surface area contributed by atoms with Crippen molar-refractivity contribution >= 4 is 33.6 Å². The maximum atomic E-state index is 12.6. The zero-order chi connectivity index (χ0) is 35.1. The topological polar surface area (TPSA) is 72.4 Å². The summed E-state index contributed by atoms with van der Waals surface area (Å²) >= 11 is 10.1. The molecule has 4 heterocycles. The molecule has 0 bridgehead atoms. The van der Waals surface area contributed by atoms with Gasteiger partial charge in [0.2, 0.25) is 0 Å². The molecule has 3 saturated heterocycles. The first kappa shape index (κ1) is 37.0. The Kier molecular flexibility index (Phi) is 11.4. The van der Waals surface area contributed by atoms with Gasteiger partial charge in [-0.3, -0.25) is 19.7 Å². The molecule has 0 saturated carbocycles. The fourth-order valence-corrected chi connectivity index (χ4v) is 9.25. The van der Waals surface area contributed by atoms with Crippen LogP contribution in [-0.2, 0) is 17.6 Å². The summed E-state index contributed by atoms with van der Waals surface area (Å²) in [5.41, 5.74) is 4.75.